The molecule has 1 rings (SSSR count). The molecule has 0 saturated heterocycles. The Morgan fingerprint density at radius 1 is 1.30 bits per heavy atom. The second-order valence-electron chi connectivity index (χ2n) is 3.37. The Bertz CT molecular complexity index is 101. The van der Waals surface area contributed by atoms with E-state index in [-0.39, 0.29) is 5.92 Å². The van der Waals surface area contributed by atoms with Crippen molar-refractivity contribution in [1.29, 1.82) is 0 Å². The Labute approximate surface area is 60.6 Å². The van der Waals surface area contributed by atoms with Crippen LogP contribution in [0.15, 0.2) is 0 Å². The van der Waals surface area contributed by atoms with E-state index >= 15 is 0 Å². The van der Waals surface area contributed by atoms with Crippen LogP contribution in [0.5, 0.6) is 0 Å². The zero-order valence-corrected chi connectivity index (χ0v) is 6.32. The van der Waals surface area contributed by atoms with E-state index in [0.29, 0.717) is 5.92 Å². The van der Waals surface area contributed by atoms with Crippen LogP contribution in [-0.4, -0.2) is 6.43 Å². The summed E-state index contributed by atoms with van der Waals surface area (Å²) in [7, 11) is 0. The number of hydrogen-bond donors (Lipinski definition) is 0. The van der Waals surface area contributed by atoms with E-state index in [4.69, 9.17) is 0 Å². The summed E-state index contributed by atoms with van der Waals surface area (Å²) in [4.78, 5) is 0. The first-order chi connectivity index (χ1) is 4.70. The average Bonchev–Trinajstić information content (AvgIpc) is 1.88. The molecule has 0 spiro atoms. The van der Waals surface area contributed by atoms with Crippen LogP contribution >= 0.6 is 0 Å². The van der Waals surface area contributed by atoms with Gasteiger partial charge < -0.3 is 0 Å². The van der Waals surface area contributed by atoms with Crippen molar-refractivity contribution >= 4 is 0 Å². The Morgan fingerprint density at radius 2 is 2.00 bits per heavy atom. The Kier molecular flexibility index (Phi) is 2.64. The molecular formula is C8H14F2. The van der Waals surface area contributed by atoms with Gasteiger partial charge in [-0.25, -0.2) is 8.78 Å². The first kappa shape index (κ1) is 7.96. The van der Waals surface area contributed by atoms with Crippen molar-refractivity contribution in [3.8, 4) is 0 Å². The molecular weight excluding hydrogens is 134 g/mol. The van der Waals surface area contributed by atoms with Crippen LogP contribution in [-0.2, 0) is 0 Å². The number of rotatable bonds is 1. The minimum Gasteiger partial charge on any atom is -0.210 e. The molecule has 0 aliphatic heterocycles. The third kappa shape index (κ3) is 1.93. The fourth-order valence-corrected chi connectivity index (χ4v) is 1.71. The molecule has 0 bridgehead atoms. The second-order valence-corrected chi connectivity index (χ2v) is 3.37. The predicted molar refractivity (Wildman–Crippen MR) is 37.1 cm³/mol. The molecule has 1 unspecified atom stereocenters. The summed E-state index contributed by atoms with van der Waals surface area (Å²) in [5.74, 6) is 0.219. The highest BCUT2D eigenvalue weighted by atomic mass is 19.3. The van der Waals surface area contributed by atoms with Gasteiger partial charge in [-0.15, -0.1) is 0 Å². The van der Waals surface area contributed by atoms with Gasteiger partial charge in [-0.1, -0.05) is 19.8 Å². The van der Waals surface area contributed by atoms with Crippen LogP contribution in [0.4, 0.5) is 8.78 Å². The number of halogens is 2. The minimum atomic E-state index is -2.08. The van der Waals surface area contributed by atoms with Gasteiger partial charge >= 0.3 is 0 Å². The maximum absolute atomic E-state index is 12.1. The van der Waals surface area contributed by atoms with Gasteiger partial charge in [0, 0.05) is 5.92 Å². The van der Waals surface area contributed by atoms with Crippen LogP contribution in [0.25, 0.3) is 0 Å². The molecule has 0 aromatic heterocycles. The van der Waals surface area contributed by atoms with Gasteiger partial charge in [0.2, 0.25) is 6.43 Å². The first-order valence-corrected chi connectivity index (χ1v) is 3.98. The number of hydrogen-bond acceptors (Lipinski definition) is 0. The van der Waals surface area contributed by atoms with Gasteiger partial charge in [0.1, 0.15) is 0 Å². The van der Waals surface area contributed by atoms with Crippen molar-refractivity contribution in [3.05, 3.63) is 0 Å². The molecule has 1 aliphatic rings. The molecule has 1 aliphatic carbocycles. The van der Waals surface area contributed by atoms with Crippen LogP contribution in [0.1, 0.15) is 32.6 Å². The molecule has 1 fully saturated rings. The van der Waals surface area contributed by atoms with Crippen LogP contribution in [0, 0.1) is 11.8 Å². The van der Waals surface area contributed by atoms with Crippen molar-refractivity contribution in [2.75, 3.05) is 0 Å². The molecule has 0 aromatic carbocycles. The molecule has 0 N–H and O–H groups in total. The summed E-state index contributed by atoms with van der Waals surface area (Å²) >= 11 is 0. The fourth-order valence-electron chi connectivity index (χ4n) is 1.71. The average molecular weight is 148 g/mol. The minimum absolute atomic E-state index is 0.302. The fraction of sp³-hybridized carbons (Fsp3) is 1.00. The number of alkyl halides is 2. The molecule has 10 heavy (non-hydrogen) atoms. The quantitative estimate of drug-likeness (QED) is 0.536. The summed E-state index contributed by atoms with van der Waals surface area (Å²) < 4.78 is 24.2. The lowest BCUT2D eigenvalue weighted by molar-refractivity contribution is 0.0445. The molecule has 0 heterocycles. The van der Waals surface area contributed by atoms with Gasteiger partial charge in [0.25, 0.3) is 0 Å². The second kappa shape index (κ2) is 3.31. The molecule has 0 aromatic rings. The van der Waals surface area contributed by atoms with Gasteiger partial charge in [-0.2, -0.15) is 0 Å². The molecule has 0 nitrogen and oxygen atoms in total. The summed E-state index contributed by atoms with van der Waals surface area (Å²) in [6, 6.07) is 0. The molecule has 0 amide bonds. The largest absolute Gasteiger partial charge is 0.241 e. The Balaban J connectivity index is 2.32. The van der Waals surface area contributed by atoms with Crippen LogP contribution < -0.4 is 0 Å². The SMILES string of the molecule is C[C@H]1CCCC(C(F)F)C1. The van der Waals surface area contributed by atoms with Crippen molar-refractivity contribution in [2.24, 2.45) is 11.8 Å². The molecule has 60 valence electrons. The van der Waals surface area contributed by atoms with Crippen LogP contribution in [0.3, 0.4) is 0 Å². The first-order valence-electron chi connectivity index (χ1n) is 3.98. The van der Waals surface area contributed by atoms with E-state index in [1.54, 1.807) is 0 Å². The topological polar surface area (TPSA) is 0 Å². The van der Waals surface area contributed by atoms with E-state index in [1.807, 2.05) is 0 Å². The lowest BCUT2D eigenvalue weighted by Gasteiger charge is -2.25. The van der Waals surface area contributed by atoms with E-state index in [2.05, 4.69) is 6.92 Å². The molecule has 0 radical (unpaired) electrons. The highest BCUT2D eigenvalue weighted by molar-refractivity contribution is 4.71. The van der Waals surface area contributed by atoms with E-state index in [0.717, 1.165) is 25.7 Å². The highest BCUT2D eigenvalue weighted by Crippen LogP contribution is 2.32. The molecule has 2 atom stereocenters. The molecule has 1 saturated carbocycles. The highest BCUT2D eigenvalue weighted by Gasteiger charge is 2.25. The third-order valence-electron chi connectivity index (χ3n) is 2.33. The lowest BCUT2D eigenvalue weighted by Crippen LogP contribution is -2.19. The zero-order chi connectivity index (χ0) is 7.56. The van der Waals surface area contributed by atoms with Gasteiger partial charge in [-0.3, -0.25) is 0 Å². The smallest absolute Gasteiger partial charge is 0.210 e. The third-order valence-corrected chi connectivity index (χ3v) is 2.33. The van der Waals surface area contributed by atoms with E-state index < -0.39 is 6.43 Å². The van der Waals surface area contributed by atoms with Gasteiger partial charge in [-0.05, 0) is 18.8 Å². The van der Waals surface area contributed by atoms with Crippen molar-refractivity contribution < 1.29 is 8.78 Å². The van der Waals surface area contributed by atoms with Crippen molar-refractivity contribution in [2.45, 2.75) is 39.0 Å². The van der Waals surface area contributed by atoms with E-state index in [1.165, 1.54) is 0 Å². The van der Waals surface area contributed by atoms with Crippen molar-refractivity contribution in [1.82, 2.24) is 0 Å². The van der Waals surface area contributed by atoms with Gasteiger partial charge in [0.15, 0.2) is 0 Å². The van der Waals surface area contributed by atoms with Crippen molar-refractivity contribution in [3.63, 3.8) is 0 Å². The maximum atomic E-state index is 12.1. The normalized spacial score (nSPS) is 34.8. The maximum Gasteiger partial charge on any atom is 0.241 e. The summed E-state index contributed by atoms with van der Waals surface area (Å²) in [5.41, 5.74) is 0. The monoisotopic (exact) mass is 148 g/mol. The standard InChI is InChI=1S/C8H14F2/c1-6-3-2-4-7(5-6)8(9)10/h6-8H,2-5H2,1H3/t6-,7?/m0/s1. The predicted octanol–water partition coefficient (Wildman–Crippen LogP) is 3.08. The summed E-state index contributed by atoms with van der Waals surface area (Å²) in [6.45, 7) is 2.06. The zero-order valence-electron chi connectivity index (χ0n) is 6.32. The van der Waals surface area contributed by atoms with E-state index in [9.17, 15) is 8.78 Å². The lowest BCUT2D eigenvalue weighted by atomic mass is 9.83. The van der Waals surface area contributed by atoms with Crippen LogP contribution in [0.2, 0.25) is 0 Å². The summed E-state index contributed by atoms with van der Waals surface area (Å²) in [6.07, 6.45) is 1.53. The summed E-state index contributed by atoms with van der Waals surface area (Å²) in [5, 5.41) is 0. The Morgan fingerprint density at radius 3 is 2.40 bits per heavy atom. The molecule has 2 heteroatoms. The Hall–Kier alpha value is -0.140. The van der Waals surface area contributed by atoms with Gasteiger partial charge in [0.05, 0.1) is 0 Å².